The Hall–Kier alpha value is -2.62. The number of rotatable bonds is 7. The number of aryl methyl sites for hydroxylation is 2. The van der Waals surface area contributed by atoms with E-state index in [4.69, 9.17) is 21.1 Å². The van der Waals surface area contributed by atoms with Crippen LogP contribution in [0.5, 0.6) is 5.75 Å². The molecule has 1 amide bonds. The van der Waals surface area contributed by atoms with Crippen molar-refractivity contribution < 1.29 is 27.5 Å². The SMILES string of the molecule is Cc1ccc(C)c(OCC(=O)OCC(=O)N2CCN(S(=O)(=O)c3ccc(Cl)cc3)CC2)c1. The predicted molar refractivity (Wildman–Crippen MR) is 119 cm³/mol. The second-order valence-corrected chi connectivity index (χ2v) is 9.83. The van der Waals surface area contributed by atoms with Crippen LogP contribution in [0.15, 0.2) is 47.4 Å². The zero-order valence-electron chi connectivity index (χ0n) is 17.9. The minimum atomic E-state index is -3.66. The normalized spacial score (nSPS) is 14.8. The van der Waals surface area contributed by atoms with E-state index in [-0.39, 0.29) is 43.6 Å². The van der Waals surface area contributed by atoms with Crippen LogP contribution in [0.25, 0.3) is 0 Å². The second kappa shape index (κ2) is 10.3. The van der Waals surface area contributed by atoms with Gasteiger partial charge in [0.05, 0.1) is 4.90 Å². The standard InChI is InChI=1S/C22H25ClN2O6S/c1-16-3-4-17(2)20(13-16)30-15-22(27)31-14-21(26)24-9-11-25(12-10-24)32(28,29)19-7-5-18(23)6-8-19/h3-8,13H,9-12,14-15H2,1-2H3. The molecule has 1 fully saturated rings. The Kier molecular flexibility index (Phi) is 7.76. The molecule has 1 aliphatic heterocycles. The summed E-state index contributed by atoms with van der Waals surface area (Å²) in [6.07, 6.45) is 0. The third kappa shape index (κ3) is 5.99. The van der Waals surface area contributed by atoms with Gasteiger partial charge in [-0.2, -0.15) is 4.31 Å². The molecule has 2 aromatic carbocycles. The molecular weight excluding hydrogens is 456 g/mol. The van der Waals surface area contributed by atoms with E-state index in [1.807, 2.05) is 32.0 Å². The van der Waals surface area contributed by atoms with Crippen molar-refractivity contribution in [1.29, 1.82) is 0 Å². The quantitative estimate of drug-likeness (QED) is 0.565. The average molecular weight is 481 g/mol. The van der Waals surface area contributed by atoms with E-state index in [1.165, 1.54) is 33.5 Å². The number of hydrogen-bond donors (Lipinski definition) is 0. The number of hydrogen-bond acceptors (Lipinski definition) is 6. The van der Waals surface area contributed by atoms with E-state index in [9.17, 15) is 18.0 Å². The van der Waals surface area contributed by atoms with Crippen LogP contribution in [0.4, 0.5) is 0 Å². The summed E-state index contributed by atoms with van der Waals surface area (Å²) in [5.74, 6) is -0.442. The monoisotopic (exact) mass is 480 g/mol. The molecular formula is C22H25ClN2O6S. The fourth-order valence-electron chi connectivity index (χ4n) is 3.21. The number of amides is 1. The number of ether oxygens (including phenoxy) is 2. The number of nitrogens with zero attached hydrogens (tertiary/aromatic N) is 2. The van der Waals surface area contributed by atoms with E-state index in [0.29, 0.717) is 10.8 Å². The highest BCUT2D eigenvalue weighted by atomic mass is 35.5. The topological polar surface area (TPSA) is 93.2 Å². The zero-order chi connectivity index (χ0) is 23.3. The summed E-state index contributed by atoms with van der Waals surface area (Å²) in [6.45, 7) is 3.80. The molecule has 0 unspecified atom stereocenters. The third-order valence-corrected chi connectivity index (χ3v) is 7.25. The largest absolute Gasteiger partial charge is 0.482 e. The van der Waals surface area contributed by atoms with Crippen LogP contribution in [0.2, 0.25) is 5.02 Å². The molecule has 32 heavy (non-hydrogen) atoms. The van der Waals surface area contributed by atoms with Crippen LogP contribution in [0, 0.1) is 13.8 Å². The van der Waals surface area contributed by atoms with Crippen molar-refractivity contribution in [3.05, 3.63) is 58.6 Å². The molecule has 10 heteroatoms. The van der Waals surface area contributed by atoms with Crippen LogP contribution in [-0.2, 0) is 24.3 Å². The van der Waals surface area contributed by atoms with Gasteiger partial charge in [0, 0.05) is 31.2 Å². The van der Waals surface area contributed by atoms with Gasteiger partial charge in [-0.3, -0.25) is 4.79 Å². The van der Waals surface area contributed by atoms with Gasteiger partial charge in [-0.15, -0.1) is 0 Å². The Bertz CT molecular complexity index is 1080. The van der Waals surface area contributed by atoms with E-state index < -0.39 is 22.6 Å². The summed E-state index contributed by atoms with van der Waals surface area (Å²) >= 11 is 5.82. The van der Waals surface area contributed by atoms with E-state index >= 15 is 0 Å². The first kappa shape index (κ1) is 24.0. The first-order valence-electron chi connectivity index (χ1n) is 10.1. The molecule has 0 N–H and O–H groups in total. The lowest BCUT2D eigenvalue weighted by Gasteiger charge is -2.33. The Morgan fingerprint density at radius 2 is 1.62 bits per heavy atom. The molecule has 0 saturated carbocycles. The van der Waals surface area contributed by atoms with Gasteiger partial charge in [-0.1, -0.05) is 23.7 Å². The van der Waals surface area contributed by atoms with Gasteiger partial charge in [0.25, 0.3) is 5.91 Å². The minimum Gasteiger partial charge on any atom is -0.482 e. The summed E-state index contributed by atoms with van der Waals surface area (Å²) in [4.78, 5) is 25.9. The Labute approximate surface area is 192 Å². The summed E-state index contributed by atoms with van der Waals surface area (Å²) in [5, 5.41) is 0.452. The van der Waals surface area contributed by atoms with Crippen LogP contribution in [-0.4, -0.2) is 68.9 Å². The molecule has 0 bridgehead atoms. The number of sulfonamides is 1. The van der Waals surface area contributed by atoms with Crippen molar-refractivity contribution in [3.63, 3.8) is 0 Å². The summed E-state index contributed by atoms with van der Waals surface area (Å²) in [6, 6.07) is 11.6. The zero-order valence-corrected chi connectivity index (χ0v) is 19.5. The highest BCUT2D eigenvalue weighted by Crippen LogP contribution is 2.20. The maximum absolute atomic E-state index is 12.7. The molecule has 172 valence electrons. The van der Waals surface area contributed by atoms with Crippen molar-refractivity contribution in [2.45, 2.75) is 18.7 Å². The van der Waals surface area contributed by atoms with Crippen LogP contribution in [0.3, 0.4) is 0 Å². The van der Waals surface area contributed by atoms with Crippen molar-refractivity contribution in [2.75, 3.05) is 39.4 Å². The molecule has 0 atom stereocenters. The Morgan fingerprint density at radius 1 is 0.969 bits per heavy atom. The highest BCUT2D eigenvalue weighted by molar-refractivity contribution is 7.89. The van der Waals surface area contributed by atoms with Gasteiger partial charge < -0.3 is 14.4 Å². The molecule has 0 aliphatic carbocycles. The lowest BCUT2D eigenvalue weighted by Crippen LogP contribution is -2.51. The Balaban J connectivity index is 1.44. The van der Waals surface area contributed by atoms with Gasteiger partial charge >= 0.3 is 5.97 Å². The number of esters is 1. The molecule has 0 spiro atoms. The number of halogens is 1. The van der Waals surface area contributed by atoms with E-state index in [1.54, 1.807) is 0 Å². The molecule has 0 radical (unpaired) electrons. The van der Waals surface area contributed by atoms with Gasteiger partial charge in [0.15, 0.2) is 13.2 Å². The lowest BCUT2D eigenvalue weighted by atomic mass is 10.1. The fourth-order valence-corrected chi connectivity index (χ4v) is 4.76. The summed E-state index contributed by atoms with van der Waals surface area (Å²) in [5.41, 5.74) is 1.90. The lowest BCUT2D eigenvalue weighted by molar-refractivity contribution is -0.154. The van der Waals surface area contributed by atoms with Crippen molar-refractivity contribution in [3.8, 4) is 5.75 Å². The molecule has 3 rings (SSSR count). The van der Waals surface area contributed by atoms with Gasteiger partial charge in [-0.05, 0) is 55.3 Å². The highest BCUT2D eigenvalue weighted by Gasteiger charge is 2.30. The molecule has 1 aliphatic rings. The maximum atomic E-state index is 12.7. The minimum absolute atomic E-state index is 0.152. The smallest absolute Gasteiger partial charge is 0.344 e. The number of carbonyl (C=O) groups excluding carboxylic acids is 2. The molecule has 1 saturated heterocycles. The molecule has 0 aromatic heterocycles. The number of carbonyl (C=O) groups is 2. The predicted octanol–water partition coefficient (Wildman–Crippen LogP) is 2.41. The van der Waals surface area contributed by atoms with Gasteiger partial charge in [0.2, 0.25) is 10.0 Å². The second-order valence-electron chi connectivity index (χ2n) is 7.46. The number of benzene rings is 2. The third-order valence-electron chi connectivity index (χ3n) is 5.09. The average Bonchev–Trinajstić information content (AvgIpc) is 2.78. The first-order chi connectivity index (χ1) is 15.2. The van der Waals surface area contributed by atoms with Crippen LogP contribution >= 0.6 is 11.6 Å². The van der Waals surface area contributed by atoms with Gasteiger partial charge in [0.1, 0.15) is 5.75 Å². The van der Waals surface area contributed by atoms with Crippen molar-refractivity contribution >= 4 is 33.5 Å². The maximum Gasteiger partial charge on any atom is 0.344 e. The van der Waals surface area contributed by atoms with Crippen LogP contribution in [0.1, 0.15) is 11.1 Å². The van der Waals surface area contributed by atoms with Crippen LogP contribution < -0.4 is 4.74 Å². The molecule has 8 nitrogen and oxygen atoms in total. The van der Waals surface area contributed by atoms with E-state index in [0.717, 1.165) is 11.1 Å². The summed E-state index contributed by atoms with van der Waals surface area (Å²) < 4.78 is 37.3. The van der Waals surface area contributed by atoms with Crippen molar-refractivity contribution in [2.24, 2.45) is 0 Å². The fraction of sp³-hybridized carbons (Fsp3) is 0.364. The molecule has 1 heterocycles. The summed E-state index contributed by atoms with van der Waals surface area (Å²) in [7, 11) is -3.66. The van der Waals surface area contributed by atoms with Crippen molar-refractivity contribution in [1.82, 2.24) is 9.21 Å². The first-order valence-corrected chi connectivity index (χ1v) is 11.9. The van der Waals surface area contributed by atoms with Gasteiger partial charge in [-0.25, -0.2) is 13.2 Å². The van der Waals surface area contributed by atoms with E-state index in [2.05, 4.69) is 0 Å². The number of piperazine rings is 1. The molecule has 2 aromatic rings. The Morgan fingerprint density at radius 3 is 2.28 bits per heavy atom.